The number of amides is 1. The topological polar surface area (TPSA) is 61.9 Å². The van der Waals surface area contributed by atoms with Crippen molar-refractivity contribution in [2.45, 2.75) is 19.4 Å². The smallest absolute Gasteiger partial charge is 0.254 e. The van der Waals surface area contributed by atoms with Gasteiger partial charge in [0, 0.05) is 37.4 Å². The van der Waals surface area contributed by atoms with Gasteiger partial charge in [-0.15, -0.1) is 0 Å². The number of imidazole rings is 1. The molecule has 1 amide bonds. The van der Waals surface area contributed by atoms with Gasteiger partial charge in [0.15, 0.2) is 0 Å². The van der Waals surface area contributed by atoms with Crippen LogP contribution in [0.15, 0.2) is 61.2 Å². The minimum Gasteiger partial charge on any atom is -0.345 e. The van der Waals surface area contributed by atoms with Gasteiger partial charge >= 0.3 is 0 Å². The van der Waals surface area contributed by atoms with Crippen molar-refractivity contribution in [3.63, 3.8) is 0 Å². The molecule has 0 aliphatic heterocycles. The van der Waals surface area contributed by atoms with Crippen molar-refractivity contribution >= 4 is 5.91 Å². The predicted molar refractivity (Wildman–Crippen MR) is 93.4 cm³/mol. The monoisotopic (exact) mass is 320 g/mol. The number of nitrogens with one attached hydrogen (secondary N) is 1. The lowest BCUT2D eigenvalue weighted by atomic mass is 10.0. The third-order valence-electron chi connectivity index (χ3n) is 4.15. The summed E-state index contributed by atoms with van der Waals surface area (Å²) in [6, 6.07) is 11.4. The summed E-state index contributed by atoms with van der Waals surface area (Å²) >= 11 is 0. The summed E-state index contributed by atoms with van der Waals surface area (Å²) in [5.74, 6) is 0.666. The molecule has 0 saturated carbocycles. The molecule has 5 nitrogen and oxygen atoms in total. The van der Waals surface area contributed by atoms with Crippen LogP contribution in [-0.4, -0.2) is 32.8 Å². The first-order valence-corrected chi connectivity index (χ1v) is 7.98. The van der Waals surface area contributed by atoms with Crippen LogP contribution in [-0.2, 0) is 0 Å². The molecular formula is C19H20N4O. The van der Waals surface area contributed by atoms with E-state index in [9.17, 15) is 4.79 Å². The number of hydrogen-bond donors (Lipinski definition) is 1. The highest BCUT2D eigenvalue weighted by Crippen LogP contribution is 2.27. The van der Waals surface area contributed by atoms with Gasteiger partial charge in [-0.25, -0.2) is 4.98 Å². The normalized spacial score (nSPS) is 11.9. The van der Waals surface area contributed by atoms with Gasteiger partial charge in [0.05, 0.1) is 11.6 Å². The van der Waals surface area contributed by atoms with Crippen molar-refractivity contribution in [2.75, 3.05) is 7.05 Å². The van der Waals surface area contributed by atoms with Crippen molar-refractivity contribution in [1.82, 2.24) is 19.9 Å². The lowest BCUT2D eigenvalue weighted by molar-refractivity contribution is 0.0726. The molecule has 1 N–H and O–H groups in total. The van der Waals surface area contributed by atoms with Crippen LogP contribution in [0.3, 0.4) is 0 Å². The van der Waals surface area contributed by atoms with E-state index in [-0.39, 0.29) is 11.9 Å². The molecule has 0 unspecified atom stereocenters. The zero-order chi connectivity index (χ0) is 16.9. The van der Waals surface area contributed by atoms with Crippen molar-refractivity contribution in [1.29, 1.82) is 0 Å². The van der Waals surface area contributed by atoms with E-state index in [1.165, 1.54) is 0 Å². The van der Waals surface area contributed by atoms with E-state index in [1.54, 1.807) is 23.5 Å². The van der Waals surface area contributed by atoms with Crippen molar-refractivity contribution in [2.24, 2.45) is 0 Å². The number of nitrogens with zero attached hydrogens (tertiary/aromatic N) is 3. The second kappa shape index (κ2) is 7.08. The molecule has 0 saturated heterocycles. The van der Waals surface area contributed by atoms with Crippen LogP contribution < -0.4 is 0 Å². The van der Waals surface area contributed by atoms with Crippen LogP contribution in [0.1, 0.15) is 35.3 Å². The summed E-state index contributed by atoms with van der Waals surface area (Å²) in [6.07, 6.45) is 7.81. The van der Waals surface area contributed by atoms with E-state index in [1.807, 2.05) is 49.6 Å². The fourth-order valence-electron chi connectivity index (χ4n) is 2.93. The lowest BCUT2D eigenvalue weighted by Crippen LogP contribution is -2.31. The first-order valence-electron chi connectivity index (χ1n) is 7.98. The standard InChI is InChI=1S/C19H20N4O/c1-3-17(14-7-6-10-20-13-14)23(2)19(24)16-9-5-4-8-15(16)18-21-11-12-22-18/h4-13,17H,3H2,1-2H3,(H,21,22)/t17-/m1/s1. The Labute approximate surface area is 141 Å². The molecule has 1 aromatic carbocycles. The summed E-state index contributed by atoms with van der Waals surface area (Å²) in [5, 5.41) is 0. The van der Waals surface area contributed by atoms with E-state index >= 15 is 0 Å². The van der Waals surface area contributed by atoms with E-state index in [0.29, 0.717) is 11.4 Å². The highest BCUT2D eigenvalue weighted by atomic mass is 16.2. The second-order valence-electron chi connectivity index (χ2n) is 5.61. The molecule has 0 radical (unpaired) electrons. The van der Waals surface area contributed by atoms with E-state index < -0.39 is 0 Å². The van der Waals surface area contributed by atoms with Gasteiger partial charge in [-0.3, -0.25) is 9.78 Å². The number of aromatic nitrogens is 3. The van der Waals surface area contributed by atoms with Crippen LogP contribution in [0, 0.1) is 0 Å². The number of H-pyrrole nitrogens is 1. The summed E-state index contributed by atoms with van der Waals surface area (Å²) < 4.78 is 0. The van der Waals surface area contributed by atoms with E-state index in [2.05, 4.69) is 21.9 Å². The predicted octanol–water partition coefficient (Wildman–Crippen LogP) is 3.70. The Bertz CT molecular complexity index is 799. The Morgan fingerprint density at radius 3 is 2.71 bits per heavy atom. The number of hydrogen-bond acceptors (Lipinski definition) is 3. The molecule has 0 aliphatic carbocycles. The van der Waals surface area contributed by atoms with Crippen molar-refractivity contribution < 1.29 is 4.79 Å². The molecule has 0 spiro atoms. The Kier molecular flexibility index (Phi) is 4.70. The van der Waals surface area contributed by atoms with Crippen LogP contribution in [0.2, 0.25) is 0 Å². The highest BCUT2D eigenvalue weighted by molar-refractivity contribution is 6.00. The minimum atomic E-state index is -0.0299. The fourth-order valence-corrected chi connectivity index (χ4v) is 2.93. The van der Waals surface area contributed by atoms with Gasteiger partial charge in [-0.1, -0.05) is 31.2 Å². The molecule has 1 atom stereocenters. The third kappa shape index (κ3) is 3.06. The van der Waals surface area contributed by atoms with Gasteiger partial charge in [0.1, 0.15) is 5.82 Å². The first kappa shape index (κ1) is 15.9. The zero-order valence-corrected chi connectivity index (χ0v) is 13.8. The Morgan fingerprint density at radius 1 is 1.21 bits per heavy atom. The molecule has 0 aliphatic rings. The lowest BCUT2D eigenvalue weighted by Gasteiger charge is -2.28. The maximum atomic E-state index is 13.1. The summed E-state index contributed by atoms with van der Waals surface area (Å²) in [4.78, 5) is 26.4. The zero-order valence-electron chi connectivity index (χ0n) is 13.8. The fraction of sp³-hybridized carbons (Fsp3) is 0.211. The van der Waals surface area contributed by atoms with Crippen LogP contribution >= 0.6 is 0 Å². The summed E-state index contributed by atoms with van der Waals surface area (Å²) in [6.45, 7) is 2.07. The Balaban J connectivity index is 1.94. The summed E-state index contributed by atoms with van der Waals surface area (Å²) in [7, 11) is 1.84. The Hall–Kier alpha value is -2.95. The SMILES string of the molecule is CC[C@H](c1cccnc1)N(C)C(=O)c1ccccc1-c1ncc[nH]1. The molecule has 0 fully saturated rings. The van der Waals surface area contributed by atoms with Crippen LogP contribution in [0.4, 0.5) is 0 Å². The molecule has 2 heterocycles. The largest absolute Gasteiger partial charge is 0.345 e. The van der Waals surface area contributed by atoms with Gasteiger partial charge < -0.3 is 9.88 Å². The van der Waals surface area contributed by atoms with Crippen molar-refractivity contribution in [3.05, 3.63) is 72.3 Å². The second-order valence-corrected chi connectivity index (χ2v) is 5.61. The first-order chi connectivity index (χ1) is 11.7. The average molecular weight is 320 g/mol. The molecule has 3 aromatic rings. The minimum absolute atomic E-state index is 0.0177. The number of rotatable bonds is 5. The average Bonchev–Trinajstić information content (AvgIpc) is 3.17. The molecule has 122 valence electrons. The number of pyridine rings is 1. The van der Waals surface area contributed by atoms with Crippen LogP contribution in [0.25, 0.3) is 11.4 Å². The van der Waals surface area contributed by atoms with Crippen molar-refractivity contribution in [3.8, 4) is 11.4 Å². The quantitative estimate of drug-likeness (QED) is 0.780. The van der Waals surface area contributed by atoms with Gasteiger partial charge in [0.2, 0.25) is 0 Å². The number of carbonyl (C=O) groups is 1. The third-order valence-corrected chi connectivity index (χ3v) is 4.15. The van der Waals surface area contributed by atoms with E-state index in [4.69, 9.17) is 0 Å². The maximum Gasteiger partial charge on any atom is 0.254 e. The number of benzene rings is 1. The van der Waals surface area contributed by atoms with Gasteiger partial charge in [-0.05, 0) is 24.1 Å². The number of carbonyl (C=O) groups excluding carboxylic acids is 1. The molecular weight excluding hydrogens is 300 g/mol. The molecule has 2 aromatic heterocycles. The molecule has 5 heteroatoms. The van der Waals surface area contributed by atoms with E-state index in [0.717, 1.165) is 17.5 Å². The highest BCUT2D eigenvalue weighted by Gasteiger charge is 2.24. The number of aromatic amines is 1. The van der Waals surface area contributed by atoms with Gasteiger partial charge in [-0.2, -0.15) is 0 Å². The van der Waals surface area contributed by atoms with Crippen LogP contribution in [0.5, 0.6) is 0 Å². The maximum absolute atomic E-state index is 13.1. The molecule has 3 rings (SSSR count). The molecule has 0 bridgehead atoms. The molecule has 24 heavy (non-hydrogen) atoms. The summed E-state index contributed by atoms with van der Waals surface area (Å²) in [5.41, 5.74) is 2.48. The van der Waals surface area contributed by atoms with Gasteiger partial charge in [0.25, 0.3) is 5.91 Å². The Morgan fingerprint density at radius 2 is 2.04 bits per heavy atom.